The third-order valence-corrected chi connectivity index (χ3v) is 15.6. The van der Waals surface area contributed by atoms with E-state index in [1.54, 1.807) is 37.3 Å². The summed E-state index contributed by atoms with van der Waals surface area (Å²) >= 11 is 0. The summed E-state index contributed by atoms with van der Waals surface area (Å²) < 4.78 is 47.1. The van der Waals surface area contributed by atoms with Crippen LogP contribution in [0.4, 0.5) is 24.5 Å². The molecule has 13 rings (SSSR count). The maximum Gasteiger partial charge on any atom is 0.416 e. The van der Waals surface area contributed by atoms with Gasteiger partial charge in [-0.3, -0.25) is 0 Å². The number of fused-ring (bicyclic) bond motifs is 6. The molecule has 0 aliphatic heterocycles. The molecule has 2 aromatic heterocycles. The Balaban J connectivity index is 1.12. The average Bonchev–Trinajstić information content (AvgIpc) is 4.06. The second-order valence-electron chi connectivity index (χ2n) is 20.4. The molecule has 0 N–H and O–H groups in total. The van der Waals surface area contributed by atoms with Gasteiger partial charge in [-0.2, -0.15) is 29.0 Å². The Kier molecular flexibility index (Phi) is 12.3. The van der Waals surface area contributed by atoms with E-state index in [1.807, 2.05) is 127 Å². The van der Waals surface area contributed by atoms with Crippen LogP contribution >= 0.6 is 0 Å². The highest BCUT2D eigenvalue weighted by Crippen LogP contribution is 2.46. The first-order chi connectivity index (χ1) is 40.4. The Bertz CT molecular complexity index is 4890. The standard InChI is InChI=1S/C73H40F3N7/c1-44-30-57(73(74,75)76)22-24-60(44)56-21-29-67(82-68-25-17-52(48-10-4-8-45(31-48)41-77)36-63(68)64-38-54(19-26-69(64)82)50-12-6-14-58(34-50)80-2)62(40-56)61-23-16-47(43-79)33-72(61)83-70-27-18-53(49-11-5-9-46(32-49)42-78)37-65(70)66-39-55(20-28-71(66)83)51-13-7-15-59(35-51)81-3/h4-40H,1H3. The number of aromatic nitrogens is 2. The van der Waals surface area contributed by atoms with Gasteiger partial charge < -0.3 is 9.13 Å². The Morgan fingerprint density at radius 1 is 0.361 bits per heavy atom. The van der Waals surface area contributed by atoms with Gasteiger partial charge in [0, 0.05) is 32.7 Å². The Hall–Kier alpha value is -11.7. The minimum atomic E-state index is -4.55. The summed E-state index contributed by atoms with van der Waals surface area (Å²) in [5.41, 5.74) is 16.6. The highest BCUT2D eigenvalue weighted by Gasteiger charge is 2.31. The number of alkyl halides is 3. The highest BCUT2D eigenvalue weighted by atomic mass is 19.4. The van der Waals surface area contributed by atoms with Crippen LogP contribution in [0.3, 0.4) is 0 Å². The molecule has 0 atom stereocenters. The van der Waals surface area contributed by atoms with Crippen molar-refractivity contribution in [1.29, 1.82) is 15.8 Å². The SMILES string of the molecule is [C-]#[N+]c1cccc(-c2ccc3c(c2)c2cc(-c4cccc(C#N)c4)ccc2n3-c2ccc(-c3ccc(C(F)(F)F)cc3C)cc2-c2ccc(C#N)cc2-n2c3ccc(-c4cccc(C#N)c4)cc3c3cc(-c4cccc([N+]#[C-])c4)ccc32)c1. The van der Waals surface area contributed by atoms with Gasteiger partial charge in [-0.1, -0.05) is 103 Å². The van der Waals surface area contributed by atoms with E-state index in [0.29, 0.717) is 56.0 Å². The molecule has 0 amide bonds. The normalized spacial score (nSPS) is 11.3. The summed E-state index contributed by atoms with van der Waals surface area (Å²) in [6, 6.07) is 77.1. The van der Waals surface area contributed by atoms with Gasteiger partial charge in [0.2, 0.25) is 0 Å². The summed E-state index contributed by atoms with van der Waals surface area (Å²) in [7, 11) is 0. The maximum atomic E-state index is 14.2. The second kappa shape index (κ2) is 20.2. The molecule has 0 radical (unpaired) electrons. The lowest BCUT2D eigenvalue weighted by Gasteiger charge is -2.21. The van der Waals surface area contributed by atoms with E-state index in [2.05, 4.69) is 85.6 Å². The molecule has 0 aliphatic carbocycles. The van der Waals surface area contributed by atoms with Gasteiger partial charge in [0.25, 0.3) is 0 Å². The largest absolute Gasteiger partial charge is 0.416 e. The molecule has 0 fully saturated rings. The van der Waals surface area contributed by atoms with E-state index < -0.39 is 11.7 Å². The number of nitriles is 3. The van der Waals surface area contributed by atoms with Crippen LogP contribution in [0.2, 0.25) is 0 Å². The lowest BCUT2D eigenvalue weighted by molar-refractivity contribution is -0.137. The number of hydrogen-bond donors (Lipinski definition) is 0. The summed E-state index contributed by atoms with van der Waals surface area (Å²) in [4.78, 5) is 7.41. The summed E-state index contributed by atoms with van der Waals surface area (Å²) in [6.45, 7) is 17.2. The van der Waals surface area contributed by atoms with Gasteiger partial charge in [-0.05, 0) is 189 Å². The van der Waals surface area contributed by atoms with Crippen molar-refractivity contribution in [3.05, 3.63) is 275 Å². The molecule has 2 heterocycles. The van der Waals surface area contributed by atoms with Gasteiger partial charge in [-0.25, -0.2) is 9.69 Å². The summed E-state index contributed by atoms with van der Waals surface area (Å²) in [6.07, 6.45) is -4.55. The van der Waals surface area contributed by atoms with Crippen molar-refractivity contribution < 1.29 is 13.2 Å². The zero-order valence-electron chi connectivity index (χ0n) is 44.1. The number of rotatable bonds is 8. The molecule has 13 aromatic rings. The quantitative estimate of drug-likeness (QED) is 0.142. The average molecular weight is 1070 g/mol. The zero-order chi connectivity index (χ0) is 57.1. The summed E-state index contributed by atoms with van der Waals surface area (Å²) in [5.74, 6) is 0. The van der Waals surface area contributed by atoms with Crippen molar-refractivity contribution in [3.63, 3.8) is 0 Å². The van der Waals surface area contributed by atoms with Gasteiger partial charge in [0.1, 0.15) is 0 Å². The van der Waals surface area contributed by atoms with Crippen molar-refractivity contribution in [3.8, 4) is 96.3 Å². The molecule has 10 heteroatoms. The van der Waals surface area contributed by atoms with Crippen molar-refractivity contribution in [2.24, 2.45) is 0 Å². The van der Waals surface area contributed by atoms with Crippen molar-refractivity contribution in [1.82, 2.24) is 9.13 Å². The molecular formula is C73H40F3N7. The van der Waals surface area contributed by atoms with Crippen LogP contribution in [0.25, 0.3) is 131 Å². The van der Waals surface area contributed by atoms with Crippen LogP contribution in [0.1, 0.15) is 27.8 Å². The van der Waals surface area contributed by atoms with E-state index >= 15 is 0 Å². The molecule has 0 saturated carbocycles. The number of nitrogens with zero attached hydrogens (tertiary/aromatic N) is 7. The fourth-order valence-electron chi connectivity index (χ4n) is 11.6. The number of halogens is 3. The van der Waals surface area contributed by atoms with Gasteiger partial charge >= 0.3 is 6.18 Å². The molecule has 11 aromatic carbocycles. The first kappa shape index (κ1) is 50.7. The van der Waals surface area contributed by atoms with Crippen LogP contribution in [-0.2, 0) is 6.18 Å². The van der Waals surface area contributed by atoms with Crippen molar-refractivity contribution in [2.75, 3.05) is 0 Å². The number of hydrogen-bond acceptors (Lipinski definition) is 3. The van der Waals surface area contributed by atoms with E-state index in [-0.39, 0.29) is 0 Å². The third-order valence-electron chi connectivity index (χ3n) is 15.6. The van der Waals surface area contributed by atoms with Crippen LogP contribution in [0, 0.1) is 54.1 Å². The smallest absolute Gasteiger partial charge is 0.309 e. The van der Waals surface area contributed by atoms with Gasteiger partial charge in [0.15, 0.2) is 11.4 Å². The predicted molar refractivity (Wildman–Crippen MR) is 324 cm³/mol. The fraction of sp³-hybridized carbons (Fsp3) is 0.0274. The van der Waals surface area contributed by atoms with Gasteiger partial charge in [0.05, 0.1) is 87.0 Å². The monoisotopic (exact) mass is 1070 g/mol. The first-order valence-corrected chi connectivity index (χ1v) is 26.4. The van der Waals surface area contributed by atoms with E-state index in [0.717, 1.165) is 105 Å². The lowest BCUT2D eigenvalue weighted by Crippen LogP contribution is -2.05. The molecular weight excluding hydrogens is 1030 g/mol. The third kappa shape index (κ3) is 8.95. The highest BCUT2D eigenvalue weighted by molar-refractivity contribution is 6.14. The molecule has 0 saturated heterocycles. The molecule has 388 valence electrons. The van der Waals surface area contributed by atoms with Crippen molar-refractivity contribution in [2.45, 2.75) is 13.1 Å². The van der Waals surface area contributed by atoms with E-state index in [9.17, 15) is 29.0 Å². The maximum absolute atomic E-state index is 14.2. The Labute approximate surface area is 475 Å². The molecule has 7 nitrogen and oxygen atoms in total. The second-order valence-corrected chi connectivity index (χ2v) is 20.4. The zero-order valence-corrected chi connectivity index (χ0v) is 44.1. The van der Waals surface area contributed by atoms with Crippen LogP contribution in [-0.4, -0.2) is 9.13 Å². The van der Waals surface area contributed by atoms with Gasteiger partial charge in [-0.15, -0.1) is 0 Å². The molecule has 0 bridgehead atoms. The molecule has 0 aliphatic rings. The van der Waals surface area contributed by atoms with Crippen LogP contribution < -0.4 is 0 Å². The fourth-order valence-corrected chi connectivity index (χ4v) is 11.6. The minimum absolute atomic E-state index is 0.396. The van der Waals surface area contributed by atoms with Crippen LogP contribution in [0.15, 0.2) is 224 Å². The number of aryl methyl sites for hydroxylation is 1. The minimum Gasteiger partial charge on any atom is -0.309 e. The molecule has 0 spiro atoms. The van der Waals surface area contributed by atoms with Crippen LogP contribution in [0.5, 0.6) is 0 Å². The van der Waals surface area contributed by atoms with E-state index in [4.69, 9.17) is 13.1 Å². The molecule has 83 heavy (non-hydrogen) atoms. The van der Waals surface area contributed by atoms with Crippen molar-refractivity contribution >= 4 is 55.0 Å². The Morgan fingerprint density at radius 3 is 1.19 bits per heavy atom. The van der Waals surface area contributed by atoms with E-state index in [1.165, 1.54) is 12.1 Å². The topological polar surface area (TPSA) is 90.0 Å². The lowest BCUT2D eigenvalue weighted by atomic mass is 9.92. The molecule has 0 unspecified atom stereocenters. The predicted octanol–water partition coefficient (Wildman–Crippen LogP) is 19.9. The first-order valence-electron chi connectivity index (χ1n) is 26.4. The number of benzene rings is 11. The Morgan fingerprint density at radius 2 is 0.759 bits per heavy atom. The summed E-state index contributed by atoms with van der Waals surface area (Å²) in [5, 5.41) is 34.2.